The fourth-order valence-corrected chi connectivity index (χ4v) is 3.09. The molecule has 1 aliphatic heterocycles. The largest absolute Gasteiger partial charge is 0.507 e. The number of para-hydroxylation sites is 2. The highest BCUT2D eigenvalue weighted by atomic mass is 16.5. The Morgan fingerprint density at radius 2 is 2.03 bits per heavy atom. The fourth-order valence-electron chi connectivity index (χ4n) is 3.09. The van der Waals surface area contributed by atoms with Crippen LogP contribution in [0.4, 0.5) is 5.69 Å². The zero-order valence-electron chi connectivity index (χ0n) is 15.9. The van der Waals surface area contributed by atoms with Crippen LogP contribution in [0.2, 0.25) is 0 Å². The summed E-state index contributed by atoms with van der Waals surface area (Å²) in [5.74, 6) is -0.673. The van der Waals surface area contributed by atoms with Crippen LogP contribution in [0.25, 0.3) is 0 Å². The highest BCUT2D eigenvalue weighted by molar-refractivity contribution is 6.11. The van der Waals surface area contributed by atoms with E-state index in [9.17, 15) is 19.5 Å². The lowest BCUT2D eigenvalue weighted by molar-refractivity contribution is -0.121. The third kappa shape index (κ3) is 3.48. The van der Waals surface area contributed by atoms with Crippen molar-refractivity contribution in [3.63, 3.8) is 0 Å². The van der Waals surface area contributed by atoms with Crippen LogP contribution in [0.3, 0.4) is 0 Å². The zero-order valence-corrected chi connectivity index (χ0v) is 15.9. The van der Waals surface area contributed by atoms with Crippen molar-refractivity contribution in [3.05, 3.63) is 66.0 Å². The Labute approximate surface area is 171 Å². The average molecular weight is 407 g/mol. The van der Waals surface area contributed by atoms with Gasteiger partial charge in [-0.15, -0.1) is 0 Å². The van der Waals surface area contributed by atoms with Crippen LogP contribution in [-0.4, -0.2) is 52.7 Å². The number of methoxy groups -OCH3 is 1. The van der Waals surface area contributed by atoms with E-state index in [0.717, 1.165) is 4.68 Å². The molecule has 0 saturated heterocycles. The molecule has 9 heteroatoms. The predicted molar refractivity (Wildman–Crippen MR) is 105 cm³/mol. The van der Waals surface area contributed by atoms with E-state index in [0.29, 0.717) is 17.2 Å². The van der Waals surface area contributed by atoms with E-state index in [2.05, 4.69) is 5.10 Å². The molecule has 4 rings (SSSR count). The minimum absolute atomic E-state index is 0.0265. The number of rotatable bonds is 5. The van der Waals surface area contributed by atoms with E-state index in [1.54, 1.807) is 24.3 Å². The van der Waals surface area contributed by atoms with Gasteiger partial charge < -0.3 is 14.6 Å². The molecule has 1 aliphatic rings. The molecule has 0 bridgehead atoms. The molecule has 1 N–H and O–H groups in total. The van der Waals surface area contributed by atoms with Gasteiger partial charge in [-0.1, -0.05) is 12.1 Å². The van der Waals surface area contributed by atoms with Gasteiger partial charge in [0.2, 0.25) is 0 Å². The van der Waals surface area contributed by atoms with Crippen molar-refractivity contribution in [2.45, 2.75) is 0 Å². The molecule has 0 unspecified atom stereocenters. The summed E-state index contributed by atoms with van der Waals surface area (Å²) in [6, 6.07) is 11.2. The third-order valence-corrected chi connectivity index (χ3v) is 4.65. The molecule has 9 nitrogen and oxygen atoms in total. The van der Waals surface area contributed by atoms with Crippen molar-refractivity contribution in [1.82, 2.24) is 9.78 Å². The molecular weight excluding hydrogens is 390 g/mol. The van der Waals surface area contributed by atoms with Crippen LogP contribution >= 0.6 is 0 Å². The van der Waals surface area contributed by atoms with Gasteiger partial charge in [-0.2, -0.15) is 5.10 Å². The van der Waals surface area contributed by atoms with Crippen LogP contribution in [0, 0.1) is 0 Å². The number of aromatic nitrogens is 2. The van der Waals surface area contributed by atoms with Gasteiger partial charge in [0.15, 0.2) is 12.4 Å². The summed E-state index contributed by atoms with van der Waals surface area (Å²) in [5.41, 5.74) is 0.631. The van der Waals surface area contributed by atoms with Gasteiger partial charge in [0.1, 0.15) is 23.8 Å². The van der Waals surface area contributed by atoms with Gasteiger partial charge in [0.25, 0.3) is 11.8 Å². The predicted octanol–water partition coefficient (Wildman–Crippen LogP) is 1.89. The smallest absolute Gasteiger partial charge is 0.266 e. The number of phenolic OH excluding ortho intramolecular Hbond substituents is 1. The summed E-state index contributed by atoms with van der Waals surface area (Å²) in [6.45, 7) is -0.429. The molecule has 1 amide bonds. The number of carbonyl (C=O) groups excluding carboxylic acids is 3. The number of anilines is 1. The molecule has 0 atom stereocenters. The van der Waals surface area contributed by atoms with E-state index in [-0.39, 0.29) is 35.9 Å². The molecular formula is C21H17N3O6. The minimum atomic E-state index is -0.516. The third-order valence-electron chi connectivity index (χ3n) is 4.65. The van der Waals surface area contributed by atoms with Crippen LogP contribution in [0.15, 0.2) is 54.9 Å². The molecule has 30 heavy (non-hydrogen) atoms. The molecule has 2 aromatic carbocycles. The summed E-state index contributed by atoms with van der Waals surface area (Å²) in [7, 11) is 1.45. The van der Waals surface area contributed by atoms with E-state index in [1.165, 1.54) is 42.6 Å². The van der Waals surface area contributed by atoms with Crippen molar-refractivity contribution in [1.29, 1.82) is 0 Å². The Balaban J connectivity index is 1.55. The summed E-state index contributed by atoms with van der Waals surface area (Å²) in [4.78, 5) is 39.0. The van der Waals surface area contributed by atoms with Crippen molar-refractivity contribution in [2.24, 2.45) is 0 Å². The van der Waals surface area contributed by atoms with Crippen molar-refractivity contribution in [2.75, 3.05) is 25.2 Å². The van der Waals surface area contributed by atoms with Gasteiger partial charge >= 0.3 is 0 Å². The number of benzene rings is 2. The number of nitrogens with zero attached hydrogens (tertiary/aromatic N) is 3. The molecule has 0 saturated carbocycles. The highest BCUT2D eigenvalue weighted by Gasteiger charge is 2.28. The quantitative estimate of drug-likeness (QED) is 0.643. The van der Waals surface area contributed by atoms with E-state index < -0.39 is 11.7 Å². The molecule has 0 fully saturated rings. The van der Waals surface area contributed by atoms with Crippen molar-refractivity contribution < 1.29 is 29.0 Å². The fraction of sp³-hybridized carbons (Fsp3) is 0.143. The maximum absolute atomic E-state index is 12.7. The molecule has 2 heterocycles. The first-order chi connectivity index (χ1) is 14.5. The van der Waals surface area contributed by atoms with Crippen molar-refractivity contribution in [3.8, 4) is 17.2 Å². The molecule has 3 aromatic rings. The molecule has 0 spiro atoms. The molecule has 0 radical (unpaired) electrons. The second kappa shape index (κ2) is 7.70. The van der Waals surface area contributed by atoms with Gasteiger partial charge in [0, 0.05) is 6.20 Å². The molecule has 0 aliphatic carbocycles. The van der Waals surface area contributed by atoms with E-state index in [4.69, 9.17) is 9.47 Å². The second-order valence-corrected chi connectivity index (χ2v) is 6.52. The van der Waals surface area contributed by atoms with E-state index in [1.807, 2.05) is 0 Å². The standard InChI is InChI=1S/C21H17N3O6/c1-29-14-6-7-17(25)15(8-14)21(28)13-9-22-24(10-13)19(26)11-23-16-4-2-3-5-18(16)30-12-20(23)27/h2-10,25H,11-12H2,1H3. The number of amides is 1. The number of ketones is 1. The number of hydrogen-bond acceptors (Lipinski definition) is 7. The summed E-state index contributed by atoms with van der Waals surface area (Å²) in [5, 5.41) is 13.9. The first-order valence-corrected chi connectivity index (χ1v) is 8.99. The van der Waals surface area contributed by atoms with Gasteiger partial charge in [-0.05, 0) is 30.3 Å². The number of aromatic hydroxyl groups is 1. The van der Waals surface area contributed by atoms with Crippen LogP contribution in [0.1, 0.15) is 20.7 Å². The molecule has 152 valence electrons. The summed E-state index contributed by atoms with van der Waals surface area (Å²) >= 11 is 0. The maximum atomic E-state index is 12.7. The Hall–Kier alpha value is -4.14. The van der Waals surface area contributed by atoms with Crippen molar-refractivity contribution >= 4 is 23.3 Å². The minimum Gasteiger partial charge on any atom is -0.507 e. The molecule has 1 aromatic heterocycles. The Morgan fingerprint density at radius 3 is 2.83 bits per heavy atom. The van der Waals surface area contributed by atoms with Gasteiger partial charge in [0.05, 0.1) is 30.1 Å². The number of phenols is 1. The number of carbonyl (C=O) groups is 3. The summed E-state index contributed by atoms with van der Waals surface area (Å²) in [6.07, 6.45) is 2.49. The lowest BCUT2D eigenvalue weighted by atomic mass is 10.1. The number of hydrogen-bond donors (Lipinski definition) is 1. The van der Waals surface area contributed by atoms with Crippen LogP contribution in [0.5, 0.6) is 17.2 Å². The topological polar surface area (TPSA) is 111 Å². The Morgan fingerprint density at radius 1 is 1.23 bits per heavy atom. The van der Waals surface area contributed by atoms with Gasteiger partial charge in [-0.3, -0.25) is 19.3 Å². The summed E-state index contributed by atoms with van der Waals surface area (Å²) < 4.78 is 11.4. The first-order valence-electron chi connectivity index (χ1n) is 8.99. The Bertz CT molecular complexity index is 1150. The van der Waals surface area contributed by atoms with Crippen LogP contribution in [-0.2, 0) is 4.79 Å². The average Bonchev–Trinajstić information content (AvgIpc) is 3.26. The first kappa shape index (κ1) is 19.2. The maximum Gasteiger partial charge on any atom is 0.266 e. The Kier molecular flexibility index (Phi) is 4.93. The normalized spacial score (nSPS) is 12.8. The second-order valence-electron chi connectivity index (χ2n) is 6.52. The van der Waals surface area contributed by atoms with E-state index >= 15 is 0 Å². The SMILES string of the molecule is COc1ccc(O)c(C(=O)c2cnn(C(=O)CN3C(=O)COc4ccccc43)c2)c1. The number of ether oxygens (including phenoxy) is 2. The van der Waals surface area contributed by atoms with Crippen LogP contribution < -0.4 is 14.4 Å². The number of fused-ring (bicyclic) bond motifs is 1. The zero-order chi connectivity index (χ0) is 21.3. The monoisotopic (exact) mass is 407 g/mol. The highest BCUT2D eigenvalue weighted by Crippen LogP contribution is 2.31. The lowest BCUT2D eigenvalue weighted by Crippen LogP contribution is -2.43. The van der Waals surface area contributed by atoms with Gasteiger partial charge in [-0.25, -0.2) is 4.68 Å². The lowest BCUT2D eigenvalue weighted by Gasteiger charge is -2.28.